The summed E-state index contributed by atoms with van der Waals surface area (Å²) in [7, 11) is 1.68. The first-order chi connectivity index (χ1) is 7.26. The van der Waals surface area contributed by atoms with Gasteiger partial charge in [-0.25, -0.2) is 0 Å². The number of methoxy groups -OCH3 is 1. The molecule has 0 bridgehead atoms. The predicted molar refractivity (Wildman–Crippen MR) is 60.4 cm³/mol. The number of hydrogen-bond acceptors (Lipinski definition) is 3. The largest absolute Gasteiger partial charge is 0.489 e. The molecule has 84 valence electrons. The Balaban J connectivity index is 2.42. The Kier molecular flexibility index (Phi) is 5.43. The van der Waals surface area contributed by atoms with Crippen LogP contribution in [-0.4, -0.2) is 24.8 Å². The SMILES string of the molecule is COCCC(C)Oc1ccc(CCl)nc1. The highest BCUT2D eigenvalue weighted by atomic mass is 35.5. The lowest BCUT2D eigenvalue weighted by molar-refractivity contribution is 0.135. The van der Waals surface area contributed by atoms with Crippen LogP contribution in [0.3, 0.4) is 0 Å². The molecule has 1 atom stereocenters. The van der Waals surface area contributed by atoms with Gasteiger partial charge in [0.25, 0.3) is 0 Å². The number of hydrogen-bond donors (Lipinski definition) is 0. The zero-order chi connectivity index (χ0) is 11.1. The maximum atomic E-state index is 5.63. The van der Waals surface area contributed by atoms with Crippen LogP contribution in [-0.2, 0) is 10.6 Å². The third-order valence-electron chi connectivity index (χ3n) is 2.00. The summed E-state index contributed by atoms with van der Waals surface area (Å²) in [6.45, 7) is 2.71. The molecule has 0 aliphatic heterocycles. The first-order valence-electron chi connectivity index (χ1n) is 4.92. The fourth-order valence-electron chi connectivity index (χ4n) is 1.13. The van der Waals surface area contributed by atoms with E-state index < -0.39 is 0 Å². The smallest absolute Gasteiger partial charge is 0.138 e. The fraction of sp³-hybridized carbons (Fsp3) is 0.545. The zero-order valence-corrected chi connectivity index (χ0v) is 9.83. The van der Waals surface area contributed by atoms with Gasteiger partial charge in [-0.05, 0) is 19.1 Å². The molecule has 1 aromatic rings. The van der Waals surface area contributed by atoms with Gasteiger partial charge in [0.15, 0.2) is 0 Å². The van der Waals surface area contributed by atoms with Crippen LogP contribution in [0.15, 0.2) is 18.3 Å². The minimum absolute atomic E-state index is 0.133. The molecule has 0 radical (unpaired) electrons. The molecule has 0 N–H and O–H groups in total. The van der Waals surface area contributed by atoms with Crippen molar-refractivity contribution in [2.45, 2.75) is 25.3 Å². The second-order valence-corrected chi connectivity index (χ2v) is 3.60. The van der Waals surface area contributed by atoms with Crippen molar-refractivity contribution < 1.29 is 9.47 Å². The number of ether oxygens (including phenoxy) is 2. The molecular formula is C11H16ClNO2. The Morgan fingerprint density at radius 2 is 2.27 bits per heavy atom. The van der Waals surface area contributed by atoms with Crippen molar-refractivity contribution in [1.82, 2.24) is 4.98 Å². The molecule has 4 heteroatoms. The van der Waals surface area contributed by atoms with Crippen LogP contribution >= 0.6 is 11.6 Å². The third-order valence-corrected chi connectivity index (χ3v) is 2.27. The average molecular weight is 230 g/mol. The Hall–Kier alpha value is -0.800. The van der Waals surface area contributed by atoms with E-state index in [-0.39, 0.29) is 6.10 Å². The van der Waals surface area contributed by atoms with Gasteiger partial charge in [0, 0.05) is 20.1 Å². The number of aromatic nitrogens is 1. The topological polar surface area (TPSA) is 31.4 Å². The summed E-state index contributed by atoms with van der Waals surface area (Å²) in [6, 6.07) is 3.75. The maximum Gasteiger partial charge on any atom is 0.138 e. The van der Waals surface area contributed by atoms with Crippen molar-refractivity contribution in [3.8, 4) is 5.75 Å². The van der Waals surface area contributed by atoms with Crippen LogP contribution < -0.4 is 4.74 Å². The molecule has 0 fully saturated rings. The minimum Gasteiger partial charge on any atom is -0.489 e. The molecule has 0 saturated carbocycles. The van der Waals surface area contributed by atoms with Crippen LogP contribution in [0.4, 0.5) is 0 Å². The number of halogens is 1. The van der Waals surface area contributed by atoms with Crippen molar-refractivity contribution in [3.63, 3.8) is 0 Å². The summed E-state index contributed by atoms with van der Waals surface area (Å²) in [6.07, 6.45) is 2.70. The van der Waals surface area contributed by atoms with Crippen molar-refractivity contribution >= 4 is 11.6 Å². The Bertz CT molecular complexity index is 276. The van der Waals surface area contributed by atoms with Crippen LogP contribution in [0.1, 0.15) is 19.0 Å². The monoisotopic (exact) mass is 229 g/mol. The molecule has 15 heavy (non-hydrogen) atoms. The molecule has 3 nitrogen and oxygen atoms in total. The van der Waals surface area contributed by atoms with Crippen LogP contribution in [0.5, 0.6) is 5.75 Å². The van der Waals surface area contributed by atoms with E-state index in [4.69, 9.17) is 21.1 Å². The van der Waals surface area contributed by atoms with Crippen molar-refractivity contribution in [3.05, 3.63) is 24.0 Å². The van der Waals surface area contributed by atoms with Crippen molar-refractivity contribution in [1.29, 1.82) is 0 Å². The number of nitrogens with zero attached hydrogens (tertiary/aromatic N) is 1. The van der Waals surface area contributed by atoms with Gasteiger partial charge in [-0.2, -0.15) is 0 Å². The lowest BCUT2D eigenvalue weighted by atomic mass is 10.3. The Labute approximate surface area is 95.4 Å². The standard InChI is InChI=1S/C11H16ClNO2/c1-9(5-6-14-2)15-11-4-3-10(7-12)13-8-11/h3-4,8-9H,5-7H2,1-2H3. The predicted octanol–water partition coefficient (Wildman–Crippen LogP) is 2.62. The van der Waals surface area contributed by atoms with Gasteiger partial charge >= 0.3 is 0 Å². The number of alkyl halides is 1. The maximum absolute atomic E-state index is 5.63. The van der Waals surface area contributed by atoms with E-state index in [1.165, 1.54) is 0 Å². The molecule has 0 aliphatic carbocycles. The molecule has 1 heterocycles. The number of rotatable bonds is 6. The zero-order valence-electron chi connectivity index (χ0n) is 9.07. The van der Waals surface area contributed by atoms with E-state index in [2.05, 4.69) is 4.98 Å². The summed E-state index contributed by atoms with van der Waals surface area (Å²) in [5, 5.41) is 0. The van der Waals surface area contributed by atoms with Gasteiger partial charge < -0.3 is 9.47 Å². The fourth-order valence-corrected chi connectivity index (χ4v) is 1.29. The highest BCUT2D eigenvalue weighted by molar-refractivity contribution is 6.16. The molecule has 0 spiro atoms. The molecule has 0 aliphatic rings. The number of pyridine rings is 1. The second-order valence-electron chi connectivity index (χ2n) is 3.33. The van der Waals surface area contributed by atoms with Crippen LogP contribution in [0.25, 0.3) is 0 Å². The van der Waals surface area contributed by atoms with Gasteiger partial charge in [-0.15, -0.1) is 11.6 Å². The normalized spacial score (nSPS) is 12.5. The second kappa shape index (κ2) is 6.64. The van der Waals surface area contributed by atoms with Gasteiger partial charge in [0.05, 0.1) is 23.9 Å². The summed E-state index contributed by atoms with van der Waals surface area (Å²) < 4.78 is 10.6. The molecule has 0 aromatic carbocycles. The summed E-state index contributed by atoms with van der Waals surface area (Å²) in [5.41, 5.74) is 0.855. The van der Waals surface area contributed by atoms with E-state index in [0.29, 0.717) is 12.5 Å². The van der Waals surface area contributed by atoms with Crippen molar-refractivity contribution in [2.75, 3.05) is 13.7 Å². The van der Waals surface area contributed by atoms with Crippen LogP contribution in [0.2, 0.25) is 0 Å². The van der Waals surface area contributed by atoms with E-state index in [1.54, 1.807) is 13.3 Å². The molecule has 1 aromatic heterocycles. The van der Waals surface area contributed by atoms with E-state index in [9.17, 15) is 0 Å². The average Bonchev–Trinajstić information content (AvgIpc) is 2.27. The lowest BCUT2D eigenvalue weighted by Gasteiger charge is -2.13. The van der Waals surface area contributed by atoms with E-state index in [1.807, 2.05) is 19.1 Å². The van der Waals surface area contributed by atoms with Crippen molar-refractivity contribution in [2.24, 2.45) is 0 Å². The summed E-state index contributed by atoms with van der Waals surface area (Å²) >= 11 is 5.63. The molecule has 1 unspecified atom stereocenters. The van der Waals surface area contributed by atoms with E-state index in [0.717, 1.165) is 17.9 Å². The molecular weight excluding hydrogens is 214 g/mol. The van der Waals surface area contributed by atoms with Gasteiger partial charge in [-0.3, -0.25) is 4.98 Å². The summed E-state index contributed by atoms with van der Waals surface area (Å²) in [5.74, 6) is 1.20. The molecule has 0 saturated heterocycles. The Morgan fingerprint density at radius 3 is 2.80 bits per heavy atom. The van der Waals surface area contributed by atoms with Gasteiger partial charge in [0.1, 0.15) is 5.75 Å². The first kappa shape index (κ1) is 12.3. The molecule has 0 amide bonds. The lowest BCUT2D eigenvalue weighted by Crippen LogP contribution is -2.14. The molecule has 1 rings (SSSR count). The van der Waals surface area contributed by atoms with Gasteiger partial charge in [0.2, 0.25) is 0 Å². The highest BCUT2D eigenvalue weighted by Gasteiger charge is 2.03. The first-order valence-corrected chi connectivity index (χ1v) is 5.46. The third kappa shape index (κ3) is 4.49. The highest BCUT2D eigenvalue weighted by Crippen LogP contribution is 2.13. The van der Waals surface area contributed by atoms with Gasteiger partial charge in [-0.1, -0.05) is 0 Å². The minimum atomic E-state index is 0.133. The quantitative estimate of drug-likeness (QED) is 0.703. The van der Waals surface area contributed by atoms with E-state index >= 15 is 0 Å². The summed E-state index contributed by atoms with van der Waals surface area (Å²) in [4.78, 5) is 4.14. The van der Waals surface area contributed by atoms with Crippen LogP contribution in [0, 0.1) is 0 Å². The Morgan fingerprint density at radius 1 is 1.47 bits per heavy atom.